The summed E-state index contributed by atoms with van der Waals surface area (Å²) in [4.78, 5) is 0. The molecular formula is C15H30N2. The quantitative estimate of drug-likeness (QED) is 0.738. The second-order valence-corrected chi connectivity index (χ2v) is 6.33. The fourth-order valence-electron chi connectivity index (χ4n) is 3.82. The molecule has 2 unspecified atom stereocenters. The highest BCUT2D eigenvalue weighted by atomic mass is 15.0. The third kappa shape index (κ3) is 3.45. The van der Waals surface area contributed by atoms with Gasteiger partial charge in [-0.25, -0.2) is 0 Å². The molecule has 0 aliphatic heterocycles. The van der Waals surface area contributed by atoms with Gasteiger partial charge in [-0.1, -0.05) is 39.0 Å². The first-order valence-electron chi connectivity index (χ1n) is 7.76. The Morgan fingerprint density at radius 3 is 2.35 bits per heavy atom. The van der Waals surface area contributed by atoms with Crippen LogP contribution in [0.15, 0.2) is 0 Å². The minimum Gasteiger partial charge on any atom is -0.329 e. The van der Waals surface area contributed by atoms with Crippen molar-refractivity contribution in [2.45, 2.75) is 82.7 Å². The van der Waals surface area contributed by atoms with Crippen LogP contribution >= 0.6 is 0 Å². The summed E-state index contributed by atoms with van der Waals surface area (Å²) in [7, 11) is 0. The highest BCUT2D eigenvalue weighted by Crippen LogP contribution is 2.36. The number of rotatable bonds is 4. The SMILES string of the molecule is CCC1CCC(CN)(NC2CCCCCC2)C1. The van der Waals surface area contributed by atoms with Crippen LogP contribution in [0, 0.1) is 5.92 Å². The molecule has 2 aliphatic rings. The van der Waals surface area contributed by atoms with Gasteiger partial charge in [-0.3, -0.25) is 0 Å². The molecule has 2 nitrogen and oxygen atoms in total. The molecule has 0 aromatic carbocycles. The van der Waals surface area contributed by atoms with Crippen molar-refractivity contribution in [3.63, 3.8) is 0 Å². The predicted octanol–water partition coefficient (Wildman–Crippen LogP) is 3.21. The van der Waals surface area contributed by atoms with Gasteiger partial charge in [-0.2, -0.15) is 0 Å². The lowest BCUT2D eigenvalue weighted by atomic mass is 9.92. The van der Waals surface area contributed by atoms with Crippen LogP contribution in [-0.2, 0) is 0 Å². The molecule has 0 amide bonds. The molecule has 2 saturated carbocycles. The van der Waals surface area contributed by atoms with Crippen LogP contribution in [-0.4, -0.2) is 18.1 Å². The van der Waals surface area contributed by atoms with Gasteiger partial charge in [0.1, 0.15) is 0 Å². The summed E-state index contributed by atoms with van der Waals surface area (Å²) in [5.74, 6) is 0.914. The van der Waals surface area contributed by atoms with Crippen molar-refractivity contribution in [1.82, 2.24) is 5.32 Å². The van der Waals surface area contributed by atoms with Crippen LogP contribution in [0.5, 0.6) is 0 Å². The first-order chi connectivity index (χ1) is 8.28. The molecule has 3 N–H and O–H groups in total. The molecule has 0 bridgehead atoms. The Labute approximate surface area is 107 Å². The van der Waals surface area contributed by atoms with Crippen molar-refractivity contribution in [3.05, 3.63) is 0 Å². The Bertz CT molecular complexity index is 221. The lowest BCUT2D eigenvalue weighted by molar-refractivity contribution is 0.271. The van der Waals surface area contributed by atoms with E-state index in [1.54, 1.807) is 0 Å². The molecule has 0 saturated heterocycles. The minimum atomic E-state index is 0.287. The van der Waals surface area contributed by atoms with Gasteiger partial charge < -0.3 is 11.1 Å². The fraction of sp³-hybridized carbons (Fsp3) is 1.00. The topological polar surface area (TPSA) is 38.0 Å². The van der Waals surface area contributed by atoms with Crippen LogP contribution in [0.2, 0.25) is 0 Å². The van der Waals surface area contributed by atoms with Crippen LogP contribution in [0.3, 0.4) is 0 Å². The highest BCUT2D eigenvalue weighted by molar-refractivity contribution is 4.98. The molecule has 0 aromatic heterocycles. The molecule has 2 aliphatic carbocycles. The van der Waals surface area contributed by atoms with Crippen molar-refractivity contribution in [2.75, 3.05) is 6.54 Å². The largest absolute Gasteiger partial charge is 0.329 e. The van der Waals surface area contributed by atoms with Crippen LogP contribution in [0.4, 0.5) is 0 Å². The Morgan fingerprint density at radius 2 is 1.82 bits per heavy atom. The molecule has 17 heavy (non-hydrogen) atoms. The number of hydrogen-bond donors (Lipinski definition) is 2. The average molecular weight is 238 g/mol. The van der Waals surface area contributed by atoms with E-state index < -0.39 is 0 Å². The van der Waals surface area contributed by atoms with Crippen molar-refractivity contribution >= 4 is 0 Å². The third-order valence-electron chi connectivity index (χ3n) is 5.04. The summed E-state index contributed by atoms with van der Waals surface area (Å²) in [5, 5.41) is 3.96. The molecule has 2 heteroatoms. The van der Waals surface area contributed by atoms with E-state index in [1.807, 2.05) is 0 Å². The maximum Gasteiger partial charge on any atom is 0.0309 e. The van der Waals surface area contributed by atoms with Gasteiger partial charge >= 0.3 is 0 Å². The number of nitrogens with one attached hydrogen (secondary N) is 1. The van der Waals surface area contributed by atoms with Crippen LogP contribution in [0.25, 0.3) is 0 Å². The molecule has 0 spiro atoms. The highest BCUT2D eigenvalue weighted by Gasteiger charge is 2.38. The zero-order valence-corrected chi connectivity index (χ0v) is 11.5. The second-order valence-electron chi connectivity index (χ2n) is 6.33. The van der Waals surface area contributed by atoms with Gasteiger partial charge in [0.15, 0.2) is 0 Å². The van der Waals surface area contributed by atoms with Gasteiger partial charge in [0, 0.05) is 18.1 Å². The molecule has 0 heterocycles. The lowest BCUT2D eigenvalue weighted by Crippen LogP contribution is -2.53. The summed E-state index contributed by atoms with van der Waals surface area (Å²) in [6.45, 7) is 3.16. The standard InChI is InChI=1S/C15H30N2/c1-2-13-9-10-15(11-13,12-16)17-14-7-5-3-4-6-8-14/h13-14,17H,2-12,16H2,1H3. The maximum atomic E-state index is 6.08. The number of hydrogen-bond acceptors (Lipinski definition) is 2. The first-order valence-corrected chi connectivity index (χ1v) is 7.76. The van der Waals surface area contributed by atoms with Crippen LogP contribution < -0.4 is 11.1 Å². The van der Waals surface area contributed by atoms with Crippen LogP contribution in [0.1, 0.15) is 71.1 Å². The molecule has 0 radical (unpaired) electrons. The normalized spacial score (nSPS) is 36.0. The Hall–Kier alpha value is -0.0800. The smallest absolute Gasteiger partial charge is 0.0309 e. The lowest BCUT2D eigenvalue weighted by Gasteiger charge is -2.34. The van der Waals surface area contributed by atoms with Gasteiger partial charge in [-0.05, 0) is 38.0 Å². The summed E-state index contributed by atoms with van der Waals surface area (Å²) < 4.78 is 0. The van der Waals surface area contributed by atoms with E-state index in [1.165, 1.54) is 64.2 Å². The van der Waals surface area contributed by atoms with E-state index in [4.69, 9.17) is 5.73 Å². The van der Waals surface area contributed by atoms with E-state index in [-0.39, 0.29) is 5.54 Å². The Morgan fingerprint density at radius 1 is 1.12 bits per heavy atom. The second kappa shape index (κ2) is 6.19. The van der Waals surface area contributed by atoms with E-state index in [0.717, 1.165) is 18.5 Å². The van der Waals surface area contributed by atoms with Crippen molar-refractivity contribution < 1.29 is 0 Å². The summed E-state index contributed by atoms with van der Waals surface area (Å²) >= 11 is 0. The Balaban J connectivity index is 1.89. The monoisotopic (exact) mass is 238 g/mol. The average Bonchev–Trinajstić information content (AvgIpc) is 2.59. The summed E-state index contributed by atoms with van der Waals surface area (Å²) in [6, 6.07) is 0.747. The van der Waals surface area contributed by atoms with Gasteiger partial charge in [0.25, 0.3) is 0 Å². The summed E-state index contributed by atoms with van der Waals surface area (Å²) in [5.41, 5.74) is 6.37. The van der Waals surface area contributed by atoms with E-state index in [0.29, 0.717) is 0 Å². The molecular weight excluding hydrogens is 208 g/mol. The zero-order chi connectivity index (χ0) is 12.1. The van der Waals surface area contributed by atoms with Crippen molar-refractivity contribution in [2.24, 2.45) is 11.7 Å². The fourth-order valence-corrected chi connectivity index (χ4v) is 3.82. The third-order valence-corrected chi connectivity index (χ3v) is 5.04. The molecule has 2 atom stereocenters. The predicted molar refractivity (Wildman–Crippen MR) is 74.0 cm³/mol. The minimum absolute atomic E-state index is 0.287. The van der Waals surface area contributed by atoms with E-state index >= 15 is 0 Å². The first kappa shape index (κ1) is 13.4. The molecule has 2 fully saturated rings. The van der Waals surface area contributed by atoms with Gasteiger partial charge in [0.05, 0.1) is 0 Å². The number of nitrogens with two attached hydrogens (primary N) is 1. The van der Waals surface area contributed by atoms with Gasteiger partial charge in [0.2, 0.25) is 0 Å². The van der Waals surface area contributed by atoms with Crippen molar-refractivity contribution in [1.29, 1.82) is 0 Å². The van der Waals surface area contributed by atoms with Gasteiger partial charge in [-0.15, -0.1) is 0 Å². The maximum absolute atomic E-state index is 6.08. The van der Waals surface area contributed by atoms with E-state index in [2.05, 4.69) is 12.2 Å². The molecule has 2 rings (SSSR count). The molecule has 0 aromatic rings. The Kier molecular flexibility index (Phi) is 4.87. The van der Waals surface area contributed by atoms with E-state index in [9.17, 15) is 0 Å². The van der Waals surface area contributed by atoms with Crippen molar-refractivity contribution in [3.8, 4) is 0 Å². The zero-order valence-electron chi connectivity index (χ0n) is 11.5. The molecule has 100 valence electrons. The summed E-state index contributed by atoms with van der Waals surface area (Å²) in [6.07, 6.45) is 13.8.